The lowest BCUT2D eigenvalue weighted by Crippen LogP contribution is -2.54. The Balaban J connectivity index is 3.27. The summed E-state index contributed by atoms with van der Waals surface area (Å²) in [6.07, 6.45) is 0.976. The highest BCUT2D eigenvalue weighted by Crippen LogP contribution is 2.16. The van der Waals surface area contributed by atoms with Crippen molar-refractivity contribution < 1.29 is 14.7 Å². The molecule has 0 aliphatic heterocycles. The molecule has 1 aromatic rings. The van der Waals surface area contributed by atoms with Gasteiger partial charge in [-0.05, 0) is 20.8 Å². The average molecular weight is 269 g/mol. The molecule has 0 fully saturated rings. The van der Waals surface area contributed by atoms with Crippen molar-refractivity contribution in [3.8, 4) is 0 Å². The summed E-state index contributed by atoms with van der Waals surface area (Å²) in [5, 5.41) is 9.11. The van der Waals surface area contributed by atoms with E-state index in [-0.39, 0.29) is 12.1 Å². The van der Waals surface area contributed by atoms with Crippen molar-refractivity contribution in [2.24, 2.45) is 0 Å². The average Bonchev–Trinajstić information content (AvgIpc) is 2.28. The molecule has 1 amide bonds. The van der Waals surface area contributed by atoms with Gasteiger partial charge in [0.05, 0.1) is 0 Å². The monoisotopic (exact) mass is 269 g/mol. The number of nitrogens with one attached hydrogen (secondary N) is 2. The van der Waals surface area contributed by atoms with Crippen molar-refractivity contribution in [2.75, 3.05) is 6.54 Å². The molecule has 8 heteroatoms. The van der Waals surface area contributed by atoms with E-state index in [2.05, 4.69) is 4.98 Å². The summed E-state index contributed by atoms with van der Waals surface area (Å²) in [4.78, 5) is 50.9. The van der Waals surface area contributed by atoms with Gasteiger partial charge in [0.25, 0.3) is 11.5 Å². The molecule has 1 rings (SSSR count). The van der Waals surface area contributed by atoms with Crippen LogP contribution in [0.3, 0.4) is 0 Å². The molecule has 0 spiro atoms. The molecule has 1 heterocycles. The van der Waals surface area contributed by atoms with Crippen molar-refractivity contribution in [1.29, 1.82) is 0 Å². The van der Waals surface area contributed by atoms with Gasteiger partial charge in [0.2, 0.25) is 0 Å². The lowest BCUT2D eigenvalue weighted by molar-refractivity contribution is -0.147. The number of rotatable bonds is 4. The SMILES string of the molecule is CCN(C(=O)c1c[nH]c(=O)[nH]c1=O)C(C)(C)C(=O)O. The molecule has 104 valence electrons. The third-order valence-corrected chi connectivity index (χ3v) is 2.81. The first-order valence-electron chi connectivity index (χ1n) is 5.59. The van der Waals surface area contributed by atoms with Gasteiger partial charge in [0.15, 0.2) is 0 Å². The van der Waals surface area contributed by atoms with Crippen molar-refractivity contribution >= 4 is 11.9 Å². The Morgan fingerprint density at radius 2 is 1.95 bits per heavy atom. The minimum Gasteiger partial charge on any atom is -0.480 e. The smallest absolute Gasteiger partial charge is 0.329 e. The van der Waals surface area contributed by atoms with Crippen LogP contribution < -0.4 is 11.2 Å². The van der Waals surface area contributed by atoms with E-state index in [0.717, 1.165) is 11.1 Å². The van der Waals surface area contributed by atoms with Gasteiger partial charge in [-0.1, -0.05) is 0 Å². The first kappa shape index (κ1) is 14.7. The number of aromatic nitrogens is 2. The van der Waals surface area contributed by atoms with Gasteiger partial charge in [0.1, 0.15) is 11.1 Å². The van der Waals surface area contributed by atoms with Gasteiger partial charge in [-0.15, -0.1) is 0 Å². The van der Waals surface area contributed by atoms with Crippen molar-refractivity contribution in [3.05, 3.63) is 32.6 Å². The molecule has 0 unspecified atom stereocenters. The van der Waals surface area contributed by atoms with Crippen molar-refractivity contribution in [1.82, 2.24) is 14.9 Å². The maximum atomic E-state index is 12.2. The number of hydrogen-bond donors (Lipinski definition) is 3. The molecule has 3 N–H and O–H groups in total. The van der Waals surface area contributed by atoms with Crippen molar-refractivity contribution in [2.45, 2.75) is 26.3 Å². The van der Waals surface area contributed by atoms with Gasteiger partial charge in [-0.25, -0.2) is 9.59 Å². The third-order valence-electron chi connectivity index (χ3n) is 2.81. The second-order valence-electron chi connectivity index (χ2n) is 4.40. The molecule has 0 atom stereocenters. The molecule has 0 radical (unpaired) electrons. The summed E-state index contributed by atoms with van der Waals surface area (Å²) in [5.41, 5.74) is -3.36. The number of H-pyrrole nitrogens is 2. The highest BCUT2D eigenvalue weighted by atomic mass is 16.4. The zero-order valence-corrected chi connectivity index (χ0v) is 10.8. The summed E-state index contributed by atoms with van der Waals surface area (Å²) in [6.45, 7) is 4.42. The number of nitrogens with zero attached hydrogens (tertiary/aromatic N) is 1. The number of carboxylic acid groups (broad SMARTS) is 1. The standard InChI is InChI=1S/C11H15N3O5/c1-4-14(11(2,3)9(17)18)8(16)6-5-12-10(19)13-7(6)15/h5H,4H2,1-3H3,(H,17,18)(H2,12,13,15,19). The Bertz CT molecular complexity index is 613. The van der Waals surface area contributed by atoms with E-state index < -0.39 is 28.7 Å². The summed E-state index contributed by atoms with van der Waals surface area (Å²) in [6, 6.07) is 0. The van der Waals surface area contributed by atoms with Crippen LogP contribution in [0.5, 0.6) is 0 Å². The molecule has 0 aliphatic carbocycles. The summed E-state index contributed by atoms with van der Waals surface area (Å²) in [5.74, 6) is -1.95. The molecule has 0 bridgehead atoms. The molecule has 0 saturated carbocycles. The van der Waals surface area contributed by atoms with Crippen LogP contribution in [0.25, 0.3) is 0 Å². The molecule has 0 saturated heterocycles. The van der Waals surface area contributed by atoms with Gasteiger partial charge < -0.3 is 15.0 Å². The summed E-state index contributed by atoms with van der Waals surface area (Å²) >= 11 is 0. The van der Waals surface area contributed by atoms with E-state index >= 15 is 0 Å². The number of hydrogen-bond acceptors (Lipinski definition) is 4. The Morgan fingerprint density at radius 3 is 2.37 bits per heavy atom. The molecular weight excluding hydrogens is 254 g/mol. The van der Waals surface area contributed by atoms with Crippen molar-refractivity contribution in [3.63, 3.8) is 0 Å². The van der Waals surface area contributed by atoms with Crippen LogP contribution in [0.2, 0.25) is 0 Å². The zero-order valence-electron chi connectivity index (χ0n) is 10.8. The number of carbonyl (C=O) groups is 2. The largest absolute Gasteiger partial charge is 0.480 e. The number of aliphatic carboxylic acids is 1. The van der Waals surface area contributed by atoms with Crippen LogP contribution in [0, 0.1) is 0 Å². The number of carbonyl (C=O) groups excluding carboxylic acids is 1. The number of aromatic amines is 2. The molecule has 19 heavy (non-hydrogen) atoms. The van der Waals surface area contributed by atoms with Crippen LogP contribution >= 0.6 is 0 Å². The van der Waals surface area contributed by atoms with E-state index in [1.165, 1.54) is 13.8 Å². The topological polar surface area (TPSA) is 123 Å². The Hall–Kier alpha value is -2.38. The number of amides is 1. The molecule has 0 aromatic carbocycles. The van der Waals surface area contributed by atoms with E-state index in [4.69, 9.17) is 5.11 Å². The quantitative estimate of drug-likeness (QED) is 0.672. The minimum atomic E-state index is -1.46. The van der Waals surface area contributed by atoms with Crippen LogP contribution in [0.4, 0.5) is 0 Å². The molecule has 1 aromatic heterocycles. The van der Waals surface area contributed by atoms with E-state index in [1.807, 2.05) is 4.98 Å². The maximum Gasteiger partial charge on any atom is 0.329 e. The Labute approximate surface area is 108 Å². The minimum absolute atomic E-state index is 0.108. The normalized spacial score (nSPS) is 11.1. The highest BCUT2D eigenvalue weighted by Gasteiger charge is 2.38. The van der Waals surface area contributed by atoms with Crippen LogP contribution in [0.15, 0.2) is 15.8 Å². The predicted molar refractivity (Wildman–Crippen MR) is 66.1 cm³/mol. The predicted octanol–water partition coefficient (Wildman–Crippen LogP) is -0.611. The fraction of sp³-hybridized carbons (Fsp3) is 0.455. The van der Waals surface area contributed by atoms with Gasteiger partial charge in [0, 0.05) is 12.7 Å². The fourth-order valence-corrected chi connectivity index (χ4v) is 1.62. The summed E-state index contributed by atoms with van der Waals surface area (Å²) in [7, 11) is 0. The summed E-state index contributed by atoms with van der Waals surface area (Å²) < 4.78 is 0. The second kappa shape index (κ2) is 5.09. The van der Waals surface area contributed by atoms with Gasteiger partial charge in [-0.3, -0.25) is 14.6 Å². The van der Waals surface area contributed by atoms with E-state index in [9.17, 15) is 19.2 Å². The Kier molecular flexibility index (Phi) is 3.93. The first-order chi connectivity index (χ1) is 8.71. The van der Waals surface area contributed by atoms with Crippen LogP contribution in [0.1, 0.15) is 31.1 Å². The lowest BCUT2D eigenvalue weighted by Gasteiger charge is -2.33. The van der Waals surface area contributed by atoms with E-state index in [1.54, 1.807) is 6.92 Å². The fourth-order valence-electron chi connectivity index (χ4n) is 1.62. The lowest BCUT2D eigenvalue weighted by atomic mass is 10.0. The molecule has 8 nitrogen and oxygen atoms in total. The second-order valence-corrected chi connectivity index (χ2v) is 4.40. The third kappa shape index (κ3) is 2.72. The van der Waals surface area contributed by atoms with E-state index in [0.29, 0.717) is 0 Å². The van der Waals surface area contributed by atoms with Gasteiger partial charge in [-0.2, -0.15) is 0 Å². The maximum absolute atomic E-state index is 12.2. The Morgan fingerprint density at radius 1 is 1.37 bits per heavy atom. The van der Waals surface area contributed by atoms with Crippen LogP contribution in [-0.2, 0) is 4.79 Å². The molecule has 0 aliphatic rings. The molecular formula is C11H15N3O5. The van der Waals surface area contributed by atoms with Gasteiger partial charge >= 0.3 is 11.7 Å². The number of carboxylic acids is 1. The highest BCUT2D eigenvalue weighted by molar-refractivity contribution is 5.97. The van der Waals surface area contributed by atoms with Crippen LogP contribution in [-0.4, -0.2) is 43.9 Å². The first-order valence-corrected chi connectivity index (χ1v) is 5.59. The number of likely N-dealkylation sites (N-methyl/N-ethyl adjacent to an activating group) is 1. The zero-order chi connectivity index (χ0) is 14.8.